The summed E-state index contributed by atoms with van der Waals surface area (Å²) in [4.78, 5) is 48.9. The molecule has 12 heteroatoms. The Labute approximate surface area is 144 Å². The van der Waals surface area contributed by atoms with Gasteiger partial charge in [0.25, 0.3) is 0 Å². The predicted molar refractivity (Wildman–Crippen MR) is 89.1 cm³/mol. The van der Waals surface area contributed by atoms with E-state index in [0.29, 0.717) is 19.4 Å². The van der Waals surface area contributed by atoms with Gasteiger partial charge in [0.1, 0.15) is 12.6 Å². The number of amides is 3. The second-order valence-corrected chi connectivity index (χ2v) is 5.17. The number of nitrogens with one attached hydrogen (secondary N) is 3. The molecule has 2 atom stereocenters. The summed E-state index contributed by atoms with van der Waals surface area (Å²) >= 11 is 0. The minimum atomic E-state index is -1.20. The molecule has 0 aliphatic carbocycles. The highest BCUT2D eigenvalue weighted by Crippen LogP contribution is 1.96. The Morgan fingerprint density at radius 3 is 2.28 bits per heavy atom. The fourth-order valence-electron chi connectivity index (χ4n) is 1.59. The van der Waals surface area contributed by atoms with Crippen LogP contribution in [0.2, 0.25) is 0 Å². The number of aliphatic imine (C=N–C) groups is 1. The molecule has 0 spiro atoms. The number of carbonyl (C=O) groups excluding carboxylic acids is 3. The molecule has 142 valence electrons. The topological polar surface area (TPSA) is 215 Å². The summed E-state index contributed by atoms with van der Waals surface area (Å²) in [5.74, 6) is -3.04. The minimum Gasteiger partial charge on any atom is -0.480 e. The van der Waals surface area contributed by atoms with Gasteiger partial charge in [-0.1, -0.05) is 0 Å². The van der Waals surface area contributed by atoms with Gasteiger partial charge in [-0.3, -0.25) is 24.2 Å². The molecular weight excluding hydrogens is 334 g/mol. The van der Waals surface area contributed by atoms with Crippen LogP contribution in [0.4, 0.5) is 0 Å². The van der Waals surface area contributed by atoms with Crippen LogP contribution < -0.4 is 33.2 Å². The third kappa shape index (κ3) is 11.3. The average molecular weight is 359 g/mol. The van der Waals surface area contributed by atoms with Gasteiger partial charge in [-0.15, -0.1) is 0 Å². The van der Waals surface area contributed by atoms with Gasteiger partial charge in [0, 0.05) is 6.54 Å². The number of aliphatic carboxylic acids is 1. The number of carbonyl (C=O) groups is 4. The second-order valence-electron chi connectivity index (χ2n) is 5.17. The van der Waals surface area contributed by atoms with Crippen molar-refractivity contribution in [3.63, 3.8) is 0 Å². The molecule has 0 aliphatic rings. The van der Waals surface area contributed by atoms with Gasteiger partial charge >= 0.3 is 5.97 Å². The predicted octanol–water partition coefficient (Wildman–Crippen LogP) is -3.81. The Hall–Kier alpha value is -2.89. The first-order valence-electron chi connectivity index (χ1n) is 7.51. The van der Waals surface area contributed by atoms with E-state index in [1.807, 2.05) is 0 Å². The first-order chi connectivity index (χ1) is 11.6. The zero-order valence-electron chi connectivity index (χ0n) is 13.9. The Bertz CT molecular complexity index is 519. The van der Waals surface area contributed by atoms with Crippen LogP contribution in [0, 0.1) is 0 Å². The molecule has 12 nitrogen and oxygen atoms in total. The zero-order valence-corrected chi connectivity index (χ0v) is 13.9. The molecule has 0 aromatic carbocycles. The molecule has 3 amide bonds. The zero-order chi connectivity index (χ0) is 19.4. The van der Waals surface area contributed by atoms with E-state index in [1.165, 1.54) is 6.92 Å². The normalized spacial score (nSPS) is 12.4. The van der Waals surface area contributed by atoms with Crippen LogP contribution in [0.3, 0.4) is 0 Å². The summed E-state index contributed by atoms with van der Waals surface area (Å²) in [5.41, 5.74) is 16.0. The molecule has 10 N–H and O–H groups in total. The molecule has 0 fully saturated rings. The lowest BCUT2D eigenvalue weighted by molar-refractivity contribution is -0.138. The van der Waals surface area contributed by atoms with Crippen LogP contribution >= 0.6 is 0 Å². The highest BCUT2D eigenvalue weighted by molar-refractivity contribution is 5.91. The van der Waals surface area contributed by atoms with E-state index in [-0.39, 0.29) is 5.96 Å². The number of nitrogens with two attached hydrogens (primary N) is 3. The van der Waals surface area contributed by atoms with Crippen molar-refractivity contribution in [2.75, 3.05) is 19.6 Å². The van der Waals surface area contributed by atoms with Crippen molar-refractivity contribution in [2.45, 2.75) is 31.8 Å². The SMILES string of the molecule is C[C@H](NC(=O)[C@@H](N)CCCN=C(N)N)C(=O)NCC(=O)NCC(=O)O. The standard InChI is InChI=1S/C13H25N7O5/c1-7(11(24)19-5-9(21)18-6-10(22)23)20-12(25)8(14)3-2-4-17-13(15)16/h7-8H,2-6,14H2,1H3,(H,18,21)(H,19,24)(H,20,25)(H,22,23)(H4,15,16,17)/t7-,8-/m0/s1. The van der Waals surface area contributed by atoms with Crippen molar-refractivity contribution < 1.29 is 24.3 Å². The van der Waals surface area contributed by atoms with Crippen molar-refractivity contribution in [3.05, 3.63) is 0 Å². The highest BCUT2D eigenvalue weighted by atomic mass is 16.4. The van der Waals surface area contributed by atoms with Gasteiger partial charge in [0.2, 0.25) is 17.7 Å². The summed E-state index contributed by atoms with van der Waals surface area (Å²) in [5, 5.41) is 15.2. The van der Waals surface area contributed by atoms with E-state index in [9.17, 15) is 19.2 Å². The Balaban J connectivity index is 4.11. The van der Waals surface area contributed by atoms with Gasteiger partial charge in [0.05, 0.1) is 12.6 Å². The van der Waals surface area contributed by atoms with Crippen molar-refractivity contribution in [1.82, 2.24) is 16.0 Å². The third-order valence-electron chi connectivity index (χ3n) is 2.92. The second kappa shape index (κ2) is 11.6. The fourth-order valence-corrected chi connectivity index (χ4v) is 1.59. The minimum absolute atomic E-state index is 0.0456. The Morgan fingerprint density at radius 1 is 1.08 bits per heavy atom. The van der Waals surface area contributed by atoms with Gasteiger partial charge in [-0.05, 0) is 19.8 Å². The lowest BCUT2D eigenvalue weighted by atomic mass is 10.1. The lowest BCUT2D eigenvalue weighted by Gasteiger charge is -2.17. The molecule has 25 heavy (non-hydrogen) atoms. The third-order valence-corrected chi connectivity index (χ3v) is 2.92. The number of carboxylic acids is 1. The molecule has 0 radical (unpaired) electrons. The Morgan fingerprint density at radius 2 is 1.72 bits per heavy atom. The van der Waals surface area contributed by atoms with Crippen LogP contribution in [0.15, 0.2) is 4.99 Å². The maximum absolute atomic E-state index is 11.9. The first kappa shape index (κ1) is 22.1. The number of carboxylic acid groups (broad SMARTS) is 1. The number of nitrogens with zero attached hydrogens (tertiary/aromatic N) is 1. The van der Waals surface area contributed by atoms with Crippen molar-refractivity contribution >= 4 is 29.7 Å². The van der Waals surface area contributed by atoms with E-state index >= 15 is 0 Å². The van der Waals surface area contributed by atoms with E-state index in [1.54, 1.807) is 0 Å². The molecule has 0 saturated carbocycles. The first-order valence-corrected chi connectivity index (χ1v) is 7.51. The summed E-state index contributed by atoms with van der Waals surface area (Å²) in [6.45, 7) is 0.811. The molecule has 0 aliphatic heterocycles. The largest absolute Gasteiger partial charge is 0.480 e. The van der Waals surface area contributed by atoms with Gasteiger partial charge in [-0.2, -0.15) is 0 Å². The van der Waals surface area contributed by atoms with Gasteiger partial charge < -0.3 is 38.3 Å². The molecule has 0 unspecified atom stereocenters. The average Bonchev–Trinajstić information content (AvgIpc) is 2.53. The lowest BCUT2D eigenvalue weighted by Crippen LogP contribution is -2.51. The van der Waals surface area contributed by atoms with Crippen molar-refractivity contribution in [3.8, 4) is 0 Å². The van der Waals surface area contributed by atoms with Crippen molar-refractivity contribution in [2.24, 2.45) is 22.2 Å². The maximum Gasteiger partial charge on any atom is 0.322 e. The highest BCUT2D eigenvalue weighted by Gasteiger charge is 2.20. The van der Waals surface area contributed by atoms with E-state index in [4.69, 9.17) is 22.3 Å². The van der Waals surface area contributed by atoms with Gasteiger partial charge in [0.15, 0.2) is 5.96 Å². The molecule has 0 rings (SSSR count). The van der Waals surface area contributed by atoms with E-state index in [0.717, 1.165) is 0 Å². The number of guanidine groups is 1. The molecule has 0 heterocycles. The molecular formula is C13H25N7O5. The number of rotatable bonds is 11. The Kier molecular flexibility index (Phi) is 10.3. The van der Waals surface area contributed by atoms with Crippen LogP contribution in [0.5, 0.6) is 0 Å². The van der Waals surface area contributed by atoms with Crippen LogP contribution in [0.1, 0.15) is 19.8 Å². The molecule has 0 saturated heterocycles. The summed E-state index contributed by atoms with van der Waals surface area (Å²) in [7, 11) is 0. The number of hydrogen-bond acceptors (Lipinski definition) is 6. The fraction of sp³-hybridized carbons (Fsp3) is 0.615. The van der Waals surface area contributed by atoms with E-state index in [2.05, 4.69) is 20.9 Å². The number of hydrogen-bond donors (Lipinski definition) is 7. The maximum atomic E-state index is 11.9. The molecule has 0 aromatic heterocycles. The van der Waals surface area contributed by atoms with Crippen LogP contribution in [-0.4, -0.2) is 66.5 Å². The van der Waals surface area contributed by atoms with Gasteiger partial charge in [-0.25, -0.2) is 0 Å². The van der Waals surface area contributed by atoms with E-state index < -0.39 is 48.9 Å². The quantitative estimate of drug-likeness (QED) is 0.110. The summed E-state index contributed by atoms with van der Waals surface area (Å²) in [6, 6.07) is -1.74. The van der Waals surface area contributed by atoms with Crippen LogP contribution in [0.25, 0.3) is 0 Å². The monoisotopic (exact) mass is 359 g/mol. The van der Waals surface area contributed by atoms with Crippen LogP contribution in [-0.2, 0) is 19.2 Å². The van der Waals surface area contributed by atoms with Crippen molar-refractivity contribution in [1.29, 1.82) is 0 Å². The summed E-state index contributed by atoms with van der Waals surface area (Å²) < 4.78 is 0. The smallest absolute Gasteiger partial charge is 0.322 e. The molecule has 0 bridgehead atoms. The molecule has 0 aromatic rings. The summed E-state index contributed by atoms with van der Waals surface area (Å²) in [6.07, 6.45) is 0.825.